The molecule has 4 unspecified atom stereocenters. The number of carbonyl (C=O) groups excluding carboxylic acids is 1. The highest BCUT2D eigenvalue weighted by Crippen LogP contribution is 2.50. The van der Waals surface area contributed by atoms with Gasteiger partial charge in [0.25, 0.3) is 0 Å². The Morgan fingerprint density at radius 2 is 1.84 bits per heavy atom. The minimum atomic E-state index is -0.558. The summed E-state index contributed by atoms with van der Waals surface area (Å²) in [6.07, 6.45) is 14.0. The molecule has 3 aliphatic carbocycles. The average Bonchev–Trinajstić information content (AvgIpc) is 2.79. The number of fused-ring (bicyclic) bond motifs is 1. The van der Waals surface area contributed by atoms with Gasteiger partial charge in [-0.15, -0.1) is 0 Å². The first-order chi connectivity index (χ1) is 15.0. The first-order valence-corrected chi connectivity index (χ1v) is 12.3. The molecule has 0 N–H and O–H groups in total. The van der Waals surface area contributed by atoms with Gasteiger partial charge in [0.1, 0.15) is 12.4 Å². The van der Waals surface area contributed by atoms with Crippen molar-refractivity contribution in [2.24, 2.45) is 35.5 Å². The van der Waals surface area contributed by atoms with E-state index < -0.39 is 5.82 Å². The SMILES string of the molecule is C=CCOc1ccc(OC(=O)C2CCCC3CC(C4CCC(C)CC4)CCC32)c(F)c1. The molecule has 3 aliphatic rings. The van der Waals surface area contributed by atoms with Crippen LogP contribution < -0.4 is 9.47 Å². The van der Waals surface area contributed by atoms with Gasteiger partial charge in [-0.25, -0.2) is 4.39 Å². The molecule has 3 nitrogen and oxygen atoms in total. The van der Waals surface area contributed by atoms with Gasteiger partial charge in [0.2, 0.25) is 0 Å². The van der Waals surface area contributed by atoms with Crippen LogP contribution in [0.3, 0.4) is 0 Å². The first-order valence-electron chi connectivity index (χ1n) is 12.3. The lowest BCUT2D eigenvalue weighted by Crippen LogP contribution is -2.40. The molecule has 4 atom stereocenters. The van der Waals surface area contributed by atoms with Crippen molar-refractivity contribution in [3.63, 3.8) is 0 Å². The molecule has 4 heteroatoms. The number of ether oxygens (including phenoxy) is 2. The molecule has 0 heterocycles. The third-order valence-corrected chi connectivity index (χ3v) is 8.20. The third kappa shape index (κ3) is 5.32. The van der Waals surface area contributed by atoms with Crippen molar-refractivity contribution in [1.82, 2.24) is 0 Å². The summed E-state index contributed by atoms with van der Waals surface area (Å²) in [4.78, 5) is 13.0. The molecule has 0 bridgehead atoms. The topological polar surface area (TPSA) is 35.5 Å². The van der Waals surface area contributed by atoms with E-state index in [1.54, 1.807) is 12.1 Å². The van der Waals surface area contributed by atoms with Gasteiger partial charge in [0, 0.05) is 6.07 Å². The highest BCUT2D eigenvalue weighted by molar-refractivity contribution is 5.75. The largest absolute Gasteiger partial charge is 0.489 e. The van der Waals surface area contributed by atoms with Gasteiger partial charge in [-0.05, 0) is 80.2 Å². The van der Waals surface area contributed by atoms with E-state index in [0.717, 1.165) is 37.0 Å². The Kier molecular flexibility index (Phi) is 7.35. The fourth-order valence-corrected chi connectivity index (χ4v) is 6.47. The van der Waals surface area contributed by atoms with Crippen LogP contribution in [0.2, 0.25) is 0 Å². The molecule has 1 aromatic carbocycles. The monoisotopic (exact) mass is 428 g/mol. The van der Waals surface area contributed by atoms with Gasteiger partial charge in [-0.1, -0.05) is 45.3 Å². The quantitative estimate of drug-likeness (QED) is 0.279. The maximum absolute atomic E-state index is 14.4. The molecule has 0 radical (unpaired) electrons. The Balaban J connectivity index is 1.36. The Morgan fingerprint density at radius 1 is 1.06 bits per heavy atom. The Morgan fingerprint density at radius 3 is 2.58 bits per heavy atom. The van der Waals surface area contributed by atoms with Gasteiger partial charge in [-0.2, -0.15) is 0 Å². The zero-order valence-corrected chi connectivity index (χ0v) is 18.9. The van der Waals surface area contributed by atoms with Crippen molar-refractivity contribution in [3.8, 4) is 11.5 Å². The second-order valence-electron chi connectivity index (χ2n) is 10.2. The van der Waals surface area contributed by atoms with Crippen molar-refractivity contribution >= 4 is 5.97 Å². The predicted octanol–water partition coefficient (Wildman–Crippen LogP) is 6.95. The van der Waals surface area contributed by atoms with E-state index in [0.29, 0.717) is 24.2 Å². The van der Waals surface area contributed by atoms with Crippen LogP contribution >= 0.6 is 0 Å². The number of hydrogen-bond donors (Lipinski definition) is 0. The van der Waals surface area contributed by atoms with E-state index in [9.17, 15) is 9.18 Å². The smallest absolute Gasteiger partial charge is 0.314 e. The van der Waals surface area contributed by atoms with Crippen LogP contribution in [-0.4, -0.2) is 12.6 Å². The van der Waals surface area contributed by atoms with Gasteiger partial charge < -0.3 is 9.47 Å². The molecule has 3 saturated carbocycles. The maximum atomic E-state index is 14.4. The second kappa shape index (κ2) is 10.2. The molecule has 0 amide bonds. The summed E-state index contributed by atoms with van der Waals surface area (Å²) in [7, 11) is 0. The van der Waals surface area contributed by atoms with Crippen molar-refractivity contribution in [1.29, 1.82) is 0 Å². The standard InChI is InChI=1S/C27H37FO3/c1-3-15-30-22-12-14-26(25(28)17-22)31-27(29)24-6-4-5-21-16-20(11-13-23(21)24)19-9-7-18(2)8-10-19/h3,12,14,17-21,23-24H,1,4-11,13,15-16H2,2H3. The molecule has 0 aliphatic heterocycles. The molecule has 4 rings (SSSR count). The summed E-state index contributed by atoms with van der Waals surface area (Å²) in [5, 5.41) is 0. The number of esters is 1. The van der Waals surface area contributed by atoms with Crippen LogP contribution in [0.15, 0.2) is 30.9 Å². The molecule has 0 aromatic heterocycles. The first kappa shape index (κ1) is 22.4. The lowest BCUT2D eigenvalue weighted by Gasteiger charge is -2.45. The molecule has 0 spiro atoms. The Labute approximate surface area is 186 Å². The molecule has 1 aromatic rings. The lowest BCUT2D eigenvalue weighted by atomic mass is 9.59. The fraction of sp³-hybridized carbons (Fsp3) is 0.667. The van der Waals surface area contributed by atoms with E-state index in [-0.39, 0.29) is 17.6 Å². The lowest BCUT2D eigenvalue weighted by molar-refractivity contribution is -0.144. The van der Waals surface area contributed by atoms with Crippen LogP contribution in [0.25, 0.3) is 0 Å². The fourth-order valence-electron chi connectivity index (χ4n) is 6.47. The van der Waals surface area contributed by atoms with Crippen LogP contribution in [0.4, 0.5) is 4.39 Å². The number of rotatable bonds is 6. The molecule has 0 saturated heterocycles. The number of hydrogen-bond acceptors (Lipinski definition) is 3. The minimum absolute atomic E-state index is 0.00286. The zero-order valence-electron chi connectivity index (χ0n) is 18.9. The van der Waals surface area contributed by atoms with Gasteiger partial charge in [-0.3, -0.25) is 4.79 Å². The van der Waals surface area contributed by atoms with Crippen LogP contribution in [-0.2, 0) is 4.79 Å². The average molecular weight is 429 g/mol. The molecular formula is C27H37FO3. The molecule has 3 fully saturated rings. The summed E-state index contributed by atoms with van der Waals surface area (Å²) in [6.45, 7) is 6.28. The van der Waals surface area contributed by atoms with Crippen molar-refractivity contribution in [2.45, 2.75) is 71.1 Å². The van der Waals surface area contributed by atoms with Gasteiger partial charge in [0.15, 0.2) is 11.6 Å². The number of carbonyl (C=O) groups is 1. The third-order valence-electron chi connectivity index (χ3n) is 8.20. The number of halogens is 1. The van der Waals surface area contributed by atoms with E-state index in [2.05, 4.69) is 13.5 Å². The normalized spacial score (nSPS) is 33.2. The van der Waals surface area contributed by atoms with Crippen molar-refractivity contribution < 1.29 is 18.7 Å². The van der Waals surface area contributed by atoms with E-state index >= 15 is 0 Å². The summed E-state index contributed by atoms with van der Waals surface area (Å²) in [5.41, 5.74) is 0. The minimum Gasteiger partial charge on any atom is -0.489 e. The van der Waals surface area contributed by atoms with Crippen LogP contribution in [0, 0.1) is 41.3 Å². The maximum Gasteiger partial charge on any atom is 0.314 e. The van der Waals surface area contributed by atoms with Gasteiger partial charge >= 0.3 is 5.97 Å². The summed E-state index contributed by atoms with van der Waals surface area (Å²) < 4.78 is 25.3. The van der Waals surface area contributed by atoms with E-state index in [4.69, 9.17) is 9.47 Å². The van der Waals surface area contributed by atoms with Crippen LogP contribution in [0.5, 0.6) is 11.5 Å². The zero-order chi connectivity index (χ0) is 21.8. The Hall–Kier alpha value is -1.84. The second-order valence-corrected chi connectivity index (χ2v) is 10.2. The highest BCUT2D eigenvalue weighted by atomic mass is 19.1. The van der Waals surface area contributed by atoms with Crippen molar-refractivity contribution in [3.05, 3.63) is 36.7 Å². The van der Waals surface area contributed by atoms with E-state index in [1.807, 2.05) is 0 Å². The van der Waals surface area contributed by atoms with Gasteiger partial charge in [0.05, 0.1) is 5.92 Å². The Bertz CT molecular complexity index is 768. The highest BCUT2D eigenvalue weighted by Gasteiger charge is 2.43. The predicted molar refractivity (Wildman–Crippen MR) is 121 cm³/mol. The van der Waals surface area contributed by atoms with Crippen LogP contribution in [0.1, 0.15) is 71.1 Å². The number of benzene rings is 1. The molecule has 170 valence electrons. The summed E-state index contributed by atoms with van der Waals surface area (Å²) >= 11 is 0. The van der Waals surface area contributed by atoms with E-state index in [1.165, 1.54) is 57.1 Å². The van der Waals surface area contributed by atoms with Crippen molar-refractivity contribution in [2.75, 3.05) is 6.61 Å². The summed E-state index contributed by atoms with van der Waals surface area (Å²) in [6, 6.07) is 4.40. The molecular weight excluding hydrogens is 391 g/mol. The summed E-state index contributed by atoms with van der Waals surface area (Å²) in [5.74, 6) is 3.16. The molecule has 31 heavy (non-hydrogen) atoms.